The van der Waals surface area contributed by atoms with E-state index in [-0.39, 0.29) is 10.0 Å². The van der Waals surface area contributed by atoms with Gasteiger partial charge in [0.25, 0.3) is 5.91 Å². The Balaban J connectivity index is 2.32. The molecule has 0 atom stereocenters. The second-order valence-electron chi connectivity index (χ2n) is 4.16. The Kier molecular flexibility index (Phi) is 4.55. The first-order valence-electron chi connectivity index (χ1n) is 5.60. The molecule has 0 fully saturated rings. The highest BCUT2D eigenvalue weighted by atomic mass is 79.9. The molecule has 2 aromatic carbocycles. The van der Waals surface area contributed by atoms with E-state index in [0.717, 1.165) is 0 Å². The van der Waals surface area contributed by atoms with Crippen LogP contribution < -0.4 is 5.32 Å². The second-order valence-corrected chi connectivity index (χ2v) is 5.93. The van der Waals surface area contributed by atoms with Crippen molar-refractivity contribution in [2.45, 2.75) is 6.92 Å². The molecule has 6 heteroatoms. The highest BCUT2D eigenvalue weighted by Crippen LogP contribution is 2.25. The van der Waals surface area contributed by atoms with Crippen molar-refractivity contribution in [3.05, 3.63) is 62.0 Å². The van der Waals surface area contributed by atoms with Gasteiger partial charge in [0.05, 0.1) is 10.0 Å². The smallest absolute Gasteiger partial charge is 0.258 e. The van der Waals surface area contributed by atoms with Crippen LogP contribution in [0.1, 0.15) is 15.9 Å². The van der Waals surface area contributed by atoms with Gasteiger partial charge in [-0.3, -0.25) is 4.79 Å². The summed E-state index contributed by atoms with van der Waals surface area (Å²) in [5.74, 6) is -1.64. The highest BCUT2D eigenvalue weighted by Gasteiger charge is 2.14. The Bertz CT molecular complexity index is 689. The molecule has 2 aromatic rings. The van der Waals surface area contributed by atoms with Crippen molar-refractivity contribution in [3.8, 4) is 0 Å². The molecule has 0 aromatic heterocycles. The van der Waals surface area contributed by atoms with Gasteiger partial charge in [0.1, 0.15) is 11.6 Å². The summed E-state index contributed by atoms with van der Waals surface area (Å²) in [5, 5.41) is 2.57. The van der Waals surface area contributed by atoms with Crippen molar-refractivity contribution in [1.29, 1.82) is 0 Å². The summed E-state index contributed by atoms with van der Waals surface area (Å²) >= 11 is 6.23. The number of amides is 1. The van der Waals surface area contributed by atoms with Crippen LogP contribution in [0.15, 0.2) is 39.3 Å². The third kappa shape index (κ3) is 3.24. The Labute approximate surface area is 131 Å². The van der Waals surface area contributed by atoms with E-state index >= 15 is 0 Å². The lowest BCUT2D eigenvalue weighted by Crippen LogP contribution is -2.14. The number of hydrogen-bond donors (Lipinski definition) is 1. The monoisotopic (exact) mass is 403 g/mol. The van der Waals surface area contributed by atoms with Crippen LogP contribution in [0.5, 0.6) is 0 Å². The van der Waals surface area contributed by atoms with Crippen molar-refractivity contribution in [2.75, 3.05) is 5.32 Å². The minimum Gasteiger partial charge on any atom is -0.322 e. The molecule has 0 aliphatic heterocycles. The number of anilines is 1. The molecule has 1 amide bonds. The number of carbonyl (C=O) groups excluding carboxylic acids is 1. The summed E-state index contributed by atoms with van der Waals surface area (Å²) in [6, 6.07) is 6.83. The van der Waals surface area contributed by atoms with Gasteiger partial charge in [-0.25, -0.2) is 8.78 Å². The third-order valence-electron chi connectivity index (χ3n) is 2.69. The summed E-state index contributed by atoms with van der Waals surface area (Å²) < 4.78 is 27.8. The first kappa shape index (κ1) is 15.1. The maximum atomic E-state index is 13.6. The predicted octanol–water partition coefficient (Wildman–Crippen LogP) is 5.05. The van der Waals surface area contributed by atoms with E-state index in [2.05, 4.69) is 37.2 Å². The van der Waals surface area contributed by atoms with Crippen molar-refractivity contribution in [1.82, 2.24) is 0 Å². The summed E-state index contributed by atoms with van der Waals surface area (Å²) in [7, 11) is 0. The number of carbonyl (C=O) groups is 1. The highest BCUT2D eigenvalue weighted by molar-refractivity contribution is 9.10. The molecule has 0 bridgehead atoms. The zero-order valence-corrected chi connectivity index (χ0v) is 13.5. The van der Waals surface area contributed by atoms with E-state index in [4.69, 9.17) is 0 Å². The summed E-state index contributed by atoms with van der Waals surface area (Å²) in [5.41, 5.74) is 0.885. The number of halogens is 4. The van der Waals surface area contributed by atoms with Gasteiger partial charge in [-0.1, -0.05) is 15.9 Å². The van der Waals surface area contributed by atoms with Crippen LogP contribution in [0.4, 0.5) is 14.5 Å². The van der Waals surface area contributed by atoms with Gasteiger partial charge in [-0.2, -0.15) is 0 Å². The topological polar surface area (TPSA) is 29.1 Å². The van der Waals surface area contributed by atoms with Crippen LogP contribution >= 0.6 is 31.9 Å². The minimum absolute atomic E-state index is 0.0841. The number of aryl methyl sites for hydroxylation is 1. The number of nitrogens with one attached hydrogen (secondary N) is 1. The molecule has 0 aliphatic carbocycles. The molecular formula is C14H9Br2F2NO. The van der Waals surface area contributed by atoms with Crippen molar-refractivity contribution in [2.24, 2.45) is 0 Å². The van der Waals surface area contributed by atoms with E-state index < -0.39 is 17.5 Å². The molecule has 2 rings (SSSR count). The van der Waals surface area contributed by atoms with Gasteiger partial charge >= 0.3 is 0 Å². The van der Waals surface area contributed by atoms with Crippen LogP contribution in [-0.2, 0) is 0 Å². The maximum Gasteiger partial charge on any atom is 0.258 e. The van der Waals surface area contributed by atoms with Gasteiger partial charge in [-0.05, 0) is 58.7 Å². The molecular weight excluding hydrogens is 396 g/mol. The van der Waals surface area contributed by atoms with Crippen LogP contribution in [0.3, 0.4) is 0 Å². The lowest BCUT2D eigenvalue weighted by Gasteiger charge is -2.10. The molecule has 2 nitrogen and oxygen atoms in total. The quantitative estimate of drug-likeness (QED) is 0.745. The van der Waals surface area contributed by atoms with Gasteiger partial charge in [0.2, 0.25) is 0 Å². The number of hydrogen-bond acceptors (Lipinski definition) is 1. The van der Waals surface area contributed by atoms with Crippen molar-refractivity contribution >= 4 is 43.5 Å². The van der Waals surface area contributed by atoms with E-state index in [1.165, 1.54) is 30.3 Å². The largest absolute Gasteiger partial charge is 0.322 e. The Hall–Kier alpha value is -1.27. The zero-order valence-electron chi connectivity index (χ0n) is 10.3. The minimum atomic E-state index is -0.621. The molecule has 0 aliphatic rings. The van der Waals surface area contributed by atoms with Crippen LogP contribution in [-0.4, -0.2) is 5.91 Å². The van der Waals surface area contributed by atoms with Crippen LogP contribution in [0.25, 0.3) is 0 Å². The fraction of sp³-hybridized carbons (Fsp3) is 0.0714. The van der Waals surface area contributed by atoms with Crippen LogP contribution in [0.2, 0.25) is 0 Å². The zero-order chi connectivity index (χ0) is 14.9. The molecule has 0 saturated heterocycles. The first-order valence-corrected chi connectivity index (χ1v) is 7.19. The molecule has 0 spiro atoms. The van der Waals surface area contributed by atoms with Crippen molar-refractivity contribution < 1.29 is 13.6 Å². The van der Waals surface area contributed by atoms with E-state index in [1.54, 1.807) is 6.92 Å². The summed E-state index contributed by atoms with van der Waals surface area (Å²) in [6.45, 7) is 1.66. The average Bonchev–Trinajstić information content (AvgIpc) is 2.38. The molecule has 0 unspecified atom stereocenters. The second kappa shape index (κ2) is 6.01. The molecule has 20 heavy (non-hydrogen) atoms. The summed E-state index contributed by atoms with van der Waals surface area (Å²) in [4.78, 5) is 12.1. The average molecular weight is 405 g/mol. The van der Waals surface area contributed by atoms with Crippen molar-refractivity contribution in [3.63, 3.8) is 0 Å². The van der Waals surface area contributed by atoms with E-state index in [1.807, 2.05) is 0 Å². The standard InChI is InChI=1S/C14H9Br2F2NO/c1-7-4-12(18)10(16)6-13(7)19-14(20)9-5-8(15)2-3-11(9)17/h2-6H,1H3,(H,19,20). The lowest BCUT2D eigenvalue weighted by molar-refractivity contribution is 0.102. The third-order valence-corrected chi connectivity index (χ3v) is 3.79. The van der Waals surface area contributed by atoms with E-state index in [0.29, 0.717) is 15.7 Å². The fourth-order valence-electron chi connectivity index (χ4n) is 1.64. The maximum absolute atomic E-state index is 13.6. The van der Waals surface area contributed by atoms with Gasteiger partial charge in [0, 0.05) is 10.2 Å². The van der Waals surface area contributed by atoms with E-state index in [9.17, 15) is 13.6 Å². The van der Waals surface area contributed by atoms with Gasteiger partial charge in [-0.15, -0.1) is 0 Å². The molecule has 0 radical (unpaired) electrons. The Morgan fingerprint density at radius 3 is 2.50 bits per heavy atom. The summed E-state index contributed by atoms with van der Waals surface area (Å²) in [6.07, 6.45) is 0. The lowest BCUT2D eigenvalue weighted by atomic mass is 10.1. The molecule has 0 saturated carbocycles. The van der Waals surface area contributed by atoms with Gasteiger partial charge in [0.15, 0.2) is 0 Å². The Morgan fingerprint density at radius 1 is 1.10 bits per heavy atom. The Morgan fingerprint density at radius 2 is 1.80 bits per heavy atom. The molecule has 1 N–H and O–H groups in total. The van der Waals surface area contributed by atoms with Gasteiger partial charge < -0.3 is 5.32 Å². The van der Waals surface area contributed by atoms with Crippen LogP contribution in [0, 0.1) is 18.6 Å². The number of benzene rings is 2. The molecule has 0 heterocycles. The number of rotatable bonds is 2. The predicted molar refractivity (Wildman–Crippen MR) is 80.9 cm³/mol. The fourth-order valence-corrected chi connectivity index (χ4v) is 2.35. The molecule has 104 valence electrons. The first-order chi connectivity index (χ1) is 9.38. The normalized spacial score (nSPS) is 10.4. The SMILES string of the molecule is Cc1cc(F)c(Br)cc1NC(=O)c1cc(Br)ccc1F.